The molecular weight excluding hydrogens is 380 g/mol. The maximum absolute atomic E-state index is 12.4. The third kappa shape index (κ3) is 4.46. The van der Waals surface area contributed by atoms with Crippen LogP contribution in [0, 0.1) is 0 Å². The van der Waals surface area contributed by atoms with Crippen LogP contribution in [0.25, 0.3) is 0 Å². The Morgan fingerprint density at radius 3 is 2.23 bits per heavy atom. The number of anilines is 1. The number of nitrogens with one attached hydrogen (secondary N) is 2. The van der Waals surface area contributed by atoms with Crippen molar-refractivity contribution in [1.29, 1.82) is 0 Å². The van der Waals surface area contributed by atoms with E-state index in [9.17, 15) is 13.2 Å². The summed E-state index contributed by atoms with van der Waals surface area (Å²) in [5, 5.41) is 3.04. The van der Waals surface area contributed by atoms with E-state index >= 15 is 0 Å². The molecule has 0 saturated carbocycles. The van der Waals surface area contributed by atoms with Crippen LogP contribution >= 0.6 is 11.6 Å². The van der Waals surface area contributed by atoms with Crippen LogP contribution in [0.1, 0.15) is 17.3 Å². The van der Waals surface area contributed by atoms with Gasteiger partial charge in [-0.05, 0) is 24.3 Å². The van der Waals surface area contributed by atoms with Crippen LogP contribution < -0.4 is 19.5 Å². The highest BCUT2D eigenvalue weighted by Crippen LogP contribution is 2.36. The number of carbonyl (C=O) groups excluding carboxylic acids is 1. The van der Waals surface area contributed by atoms with Gasteiger partial charge in [0.2, 0.25) is 10.0 Å². The number of hydrogen-bond acceptors (Lipinski definition) is 5. The molecule has 2 N–H and O–H groups in total. The van der Waals surface area contributed by atoms with E-state index in [0.29, 0.717) is 22.2 Å². The maximum atomic E-state index is 12.4. The first-order valence-electron chi connectivity index (χ1n) is 7.65. The lowest BCUT2D eigenvalue weighted by Crippen LogP contribution is -2.23. The van der Waals surface area contributed by atoms with Crippen LogP contribution in [0.2, 0.25) is 5.02 Å². The maximum Gasteiger partial charge on any atom is 0.255 e. The molecule has 0 heterocycles. The van der Waals surface area contributed by atoms with E-state index in [1.807, 2.05) is 0 Å². The molecule has 2 aromatic rings. The van der Waals surface area contributed by atoms with Crippen molar-refractivity contribution in [3.05, 3.63) is 47.0 Å². The van der Waals surface area contributed by atoms with Crippen LogP contribution in [-0.4, -0.2) is 35.1 Å². The van der Waals surface area contributed by atoms with Crippen LogP contribution in [-0.2, 0) is 10.0 Å². The zero-order valence-electron chi connectivity index (χ0n) is 14.5. The molecule has 26 heavy (non-hydrogen) atoms. The monoisotopic (exact) mass is 398 g/mol. The predicted octanol–water partition coefficient (Wildman–Crippen LogP) is 2.91. The summed E-state index contributed by atoms with van der Waals surface area (Å²) < 4.78 is 36.6. The van der Waals surface area contributed by atoms with Crippen molar-refractivity contribution in [3.63, 3.8) is 0 Å². The Kier molecular flexibility index (Phi) is 6.47. The lowest BCUT2D eigenvalue weighted by Gasteiger charge is -2.13. The van der Waals surface area contributed by atoms with Crippen molar-refractivity contribution in [2.45, 2.75) is 11.8 Å². The quantitative estimate of drug-likeness (QED) is 0.747. The number of sulfonamides is 1. The molecule has 7 nitrogen and oxygen atoms in total. The molecule has 0 aromatic heterocycles. The number of methoxy groups -OCH3 is 2. The van der Waals surface area contributed by atoms with Crippen LogP contribution in [0.3, 0.4) is 0 Å². The summed E-state index contributed by atoms with van der Waals surface area (Å²) in [6.45, 7) is 1.97. The third-order valence-corrected chi connectivity index (χ3v) is 5.34. The first-order valence-corrected chi connectivity index (χ1v) is 9.51. The van der Waals surface area contributed by atoms with E-state index in [0.717, 1.165) is 0 Å². The van der Waals surface area contributed by atoms with Gasteiger partial charge in [-0.25, -0.2) is 13.1 Å². The molecule has 9 heteroatoms. The fourth-order valence-corrected chi connectivity index (χ4v) is 3.48. The van der Waals surface area contributed by atoms with E-state index in [-0.39, 0.29) is 17.0 Å². The van der Waals surface area contributed by atoms with Gasteiger partial charge in [-0.1, -0.05) is 18.5 Å². The zero-order valence-corrected chi connectivity index (χ0v) is 16.1. The number of rotatable bonds is 7. The van der Waals surface area contributed by atoms with Crippen LogP contribution in [0.15, 0.2) is 41.3 Å². The normalized spacial score (nSPS) is 11.1. The van der Waals surface area contributed by atoms with Crippen LogP contribution in [0.4, 0.5) is 5.69 Å². The molecular formula is C17H19ClN2O5S. The molecule has 0 fully saturated rings. The Morgan fingerprint density at radius 2 is 1.69 bits per heavy atom. The summed E-state index contributed by atoms with van der Waals surface area (Å²) in [7, 11) is -0.655. The van der Waals surface area contributed by atoms with Crippen molar-refractivity contribution in [3.8, 4) is 11.5 Å². The molecule has 0 unspecified atom stereocenters. The highest BCUT2D eigenvalue weighted by molar-refractivity contribution is 7.89. The van der Waals surface area contributed by atoms with Gasteiger partial charge < -0.3 is 14.8 Å². The van der Waals surface area contributed by atoms with Crippen molar-refractivity contribution >= 4 is 33.2 Å². The highest BCUT2D eigenvalue weighted by atomic mass is 35.5. The lowest BCUT2D eigenvalue weighted by atomic mass is 10.2. The third-order valence-electron chi connectivity index (χ3n) is 3.48. The summed E-state index contributed by atoms with van der Waals surface area (Å²) in [5.74, 6) is 0.324. The fraction of sp³-hybridized carbons (Fsp3) is 0.235. The molecule has 0 aliphatic carbocycles. The molecule has 0 saturated heterocycles. The standard InChI is InChI=1S/C17H19ClN2O5S/c1-4-19-26(22,23)12-7-5-11(6-8-12)17(21)20-14-10-15(24-2)13(18)9-16(14)25-3/h5-10,19H,4H2,1-3H3,(H,20,21). The average molecular weight is 399 g/mol. The Morgan fingerprint density at radius 1 is 1.08 bits per heavy atom. The van der Waals surface area contributed by atoms with Crippen LogP contribution in [0.5, 0.6) is 11.5 Å². The van der Waals surface area contributed by atoms with Gasteiger partial charge in [0.15, 0.2) is 0 Å². The molecule has 0 spiro atoms. The van der Waals surface area contributed by atoms with Crippen molar-refractivity contribution in [2.75, 3.05) is 26.1 Å². The van der Waals surface area contributed by atoms with E-state index < -0.39 is 15.9 Å². The molecule has 0 bridgehead atoms. The van der Waals surface area contributed by atoms with E-state index in [1.54, 1.807) is 13.0 Å². The summed E-state index contributed by atoms with van der Waals surface area (Å²) in [5.41, 5.74) is 0.666. The highest BCUT2D eigenvalue weighted by Gasteiger charge is 2.16. The van der Waals surface area contributed by atoms with E-state index in [4.69, 9.17) is 21.1 Å². The number of ether oxygens (including phenoxy) is 2. The minimum absolute atomic E-state index is 0.0849. The van der Waals surface area contributed by atoms with E-state index in [1.165, 1.54) is 44.6 Å². The van der Waals surface area contributed by atoms with Gasteiger partial charge in [0.25, 0.3) is 5.91 Å². The number of benzene rings is 2. The minimum atomic E-state index is -3.57. The number of amides is 1. The Bertz CT molecular complexity index is 898. The molecule has 140 valence electrons. The Balaban J connectivity index is 2.25. The second kappa shape index (κ2) is 8.39. The van der Waals surface area contributed by atoms with Crippen molar-refractivity contribution in [1.82, 2.24) is 4.72 Å². The molecule has 2 aromatic carbocycles. The summed E-state index contributed by atoms with van der Waals surface area (Å²) in [6, 6.07) is 8.67. The topological polar surface area (TPSA) is 93.7 Å². The summed E-state index contributed by atoms with van der Waals surface area (Å²) >= 11 is 6.04. The molecule has 2 rings (SSSR count). The largest absolute Gasteiger partial charge is 0.495 e. The first-order chi connectivity index (χ1) is 12.3. The molecule has 0 radical (unpaired) electrons. The smallest absolute Gasteiger partial charge is 0.255 e. The van der Waals surface area contributed by atoms with Gasteiger partial charge >= 0.3 is 0 Å². The number of halogens is 1. The average Bonchev–Trinajstić information content (AvgIpc) is 2.62. The fourth-order valence-electron chi connectivity index (χ4n) is 2.21. The Hall–Kier alpha value is -2.29. The van der Waals surface area contributed by atoms with Crippen molar-refractivity contribution in [2.24, 2.45) is 0 Å². The zero-order chi connectivity index (χ0) is 19.3. The van der Waals surface area contributed by atoms with Gasteiger partial charge in [0.05, 0.1) is 29.8 Å². The molecule has 0 aliphatic rings. The lowest BCUT2D eigenvalue weighted by molar-refractivity contribution is 0.102. The van der Waals surface area contributed by atoms with Gasteiger partial charge in [-0.15, -0.1) is 0 Å². The molecule has 0 atom stereocenters. The van der Waals surface area contributed by atoms with E-state index in [2.05, 4.69) is 10.0 Å². The van der Waals surface area contributed by atoms with Gasteiger partial charge in [0.1, 0.15) is 11.5 Å². The predicted molar refractivity (Wildman–Crippen MR) is 99.8 cm³/mol. The van der Waals surface area contributed by atoms with Gasteiger partial charge in [-0.2, -0.15) is 0 Å². The second-order valence-electron chi connectivity index (χ2n) is 5.17. The minimum Gasteiger partial charge on any atom is -0.495 e. The van der Waals surface area contributed by atoms with Gasteiger partial charge in [-0.3, -0.25) is 4.79 Å². The Labute approximate surface area is 157 Å². The SMILES string of the molecule is CCNS(=O)(=O)c1ccc(C(=O)Nc2cc(OC)c(Cl)cc2OC)cc1. The molecule has 1 amide bonds. The number of hydrogen-bond donors (Lipinski definition) is 2. The summed E-state index contributed by atoms with van der Waals surface area (Å²) in [6.07, 6.45) is 0. The van der Waals surface area contributed by atoms with Gasteiger partial charge in [0, 0.05) is 24.2 Å². The number of carbonyl (C=O) groups is 1. The first kappa shape index (κ1) is 20.0. The second-order valence-corrected chi connectivity index (χ2v) is 7.34. The molecule has 0 aliphatic heterocycles. The van der Waals surface area contributed by atoms with Crippen molar-refractivity contribution < 1.29 is 22.7 Å². The summed E-state index contributed by atoms with van der Waals surface area (Å²) in [4.78, 5) is 12.5.